The molecule has 0 aromatic rings. The Morgan fingerprint density at radius 2 is 2.14 bits per heavy atom. The molecule has 0 saturated carbocycles. The lowest BCUT2D eigenvalue weighted by Gasteiger charge is -2.34. The van der Waals surface area contributed by atoms with Crippen LogP contribution in [0.15, 0.2) is 0 Å². The Bertz CT molecular complexity index is 153. The topological polar surface area (TPSA) is 18.5 Å². The predicted molar refractivity (Wildman–Crippen MR) is 61.7 cm³/mol. The molecule has 1 fully saturated rings. The number of nitrogens with one attached hydrogen (secondary N) is 1. The minimum absolute atomic E-state index is 0.667. The van der Waals surface area contributed by atoms with Gasteiger partial charge in [-0.05, 0) is 40.5 Å². The van der Waals surface area contributed by atoms with E-state index in [0.717, 1.165) is 12.6 Å². The van der Waals surface area contributed by atoms with Gasteiger partial charge < -0.3 is 10.2 Å². The van der Waals surface area contributed by atoms with Crippen LogP contribution in [0.4, 0.5) is 0 Å². The van der Waals surface area contributed by atoms with E-state index >= 15 is 0 Å². The molecule has 2 unspecified atom stereocenters. The smallest absolute Gasteiger partial charge is 0.0235 e. The van der Waals surface area contributed by atoms with Crippen LogP contribution in [-0.4, -0.2) is 62.2 Å². The highest BCUT2D eigenvalue weighted by atomic mass is 15.2. The molecule has 2 atom stereocenters. The van der Waals surface area contributed by atoms with Crippen molar-refractivity contribution in [3.8, 4) is 0 Å². The van der Waals surface area contributed by atoms with E-state index < -0.39 is 0 Å². The summed E-state index contributed by atoms with van der Waals surface area (Å²) in [7, 11) is 4.30. The van der Waals surface area contributed by atoms with E-state index in [4.69, 9.17) is 0 Å². The monoisotopic (exact) mass is 199 g/mol. The van der Waals surface area contributed by atoms with Crippen LogP contribution in [0, 0.1) is 0 Å². The highest BCUT2D eigenvalue weighted by Gasteiger charge is 2.24. The number of nitrogens with zero attached hydrogens (tertiary/aromatic N) is 2. The maximum Gasteiger partial charge on any atom is 0.0235 e. The van der Waals surface area contributed by atoms with Crippen LogP contribution in [0.5, 0.6) is 0 Å². The van der Waals surface area contributed by atoms with Crippen LogP contribution in [0.3, 0.4) is 0 Å². The molecular formula is C11H25N3. The summed E-state index contributed by atoms with van der Waals surface area (Å²) < 4.78 is 0. The third-order valence-electron chi connectivity index (χ3n) is 3.06. The predicted octanol–water partition coefficient (Wildman–Crippen LogP) is 0.620. The lowest BCUT2D eigenvalue weighted by molar-refractivity contribution is 0.136. The van der Waals surface area contributed by atoms with E-state index in [1.807, 2.05) is 0 Å². The number of rotatable bonds is 5. The normalized spacial score (nSPS) is 24.9. The minimum Gasteiger partial charge on any atom is -0.315 e. The molecule has 1 aliphatic rings. The van der Waals surface area contributed by atoms with Gasteiger partial charge in [0.2, 0.25) is 0 Å². The van der Waals surface area contributed by atoms with Crippen molar-refractivity contribution in [2.24, 2.45) is 0 Å². The molecular weight excluding hydrogens is 174 g/mol. The Hall–Kier alpha value is -0.120. The second kappa shape index (κ2) is 5.69. The highest BCUT2D eigenvalue weighted by molar-refractivity contribution is 4.83. The quantitative estimate of drug-likeness (QED) is 0.700. The van der Waals surface area contributed by atoms with Gasteiger partial charge in [0.1, 0.15) is 0 Å². The molecule has 0 aromatic heterocycles. The van der Waals surface area contributed by atoms with Gasteiger partial charge in [-0.15, -0.1) is 0 Å². The zero-order valence-electron chi connectivity index (χ0n) is 10.1. The van der Waals surface area contributed by atoms with Crippen molar-refractivity contribution in [3.63, 3.8) is 0 Å². The van der Waals surface area contributed by atoms with Gasteiger partial charge in [-0.1, -0.05) is 6.92 Å². The molecule has 0 radical (unpaired) electrons. The van der Waals surface area contributed by atoms with Gasteiger partial charge in [-0.3, -0.25) is 4.90 Å². The Morgan fingerprint density at radius 1 is 1.43 bits per heavy atom. The molecule has 1 N–H and O–H groups in total. The summed E-state index contributed by atoms with van der Waals surface area (Å²) >= 11 is 0. The molecule has 1 rings (SSSR count). The molecule has 3 heteroatoms. The first-order chi connectivity index (χ1) is 6.65. The SMILES string of the molecule is CCN(C(C)CN(C)C)C1CCNC1. The largest absolute Gasteiger partial charge is 0.315 e. The van der Waals surface area contributed by atoms with Gasteiger partial charge in [0.25, 0.3) is 0 Å². The molecule has 0 aliphatic carbocycles. The summed E-state index contributed by atoms with van der Waals surface area (Å²) in [6.45, 7) is 9.29. The lowest BCUT2D eigenvalue weighted by atomic mass is 10.1. The van der Waals surface area contributed by atoms with Crippen molar-refractivity contribution >= 4 is 0 Å². The molecule has 3 nitrogen and oxygen atoms in total. The molecule has 14 heavy (non-hydrogen) atoms. The fourth-order valence-electron chi connectivity index (χ4n) is 2.49. The van der Waals surface area contributed by atoms with Crippen LogP contribution in [0.25, 0.3) is 0 Å². The molecule has 1 heterocycles. The van der Waals surface area contributed by atoms with Crippen LogP contribution in [-0.2, 0) is 0 Å². The fraction of sp³-hybridized carbons (Fsp3) is 1.00. The van der Waals surface area contributed by atoms with Gasteiger partial charge in [-0.25, -0.2) is 0 Å². The van der Waals surface area contributed by atoms with Crippen LogP contribution < -0.4 is 5.32 Å². The van der Waals surface area contributed by atoms with E-state index in [9.17, 15) is 0 Å². The summed E-state index contributed by atoms with van der Waals surface area (Å²) in [6.07, 6.45) is 1.31. The maximum absolute atomic E-state index is 3.44. The standard InChI is InChI=1S/C11H25N3/c1-5-14(10(2)9-13(3)4)11-6-7-12-8-11/h10-12H,5-9H2,1-4H3. The first-order valence-electron chi connectivity index (χ1n) is 5.76. The van der Waals surface area contributed by atoms with Gasteiger partial charge in [0, 0.05) is 25.2 Å². The summed E-state index contributed by atoms with van der Waals surface area (Å²) in [5.74, 6) is 0. The summed E-state index contributed by atoms with van der Waals surface area (Å²) in [5, 5.41) is 3.44. The van der Waals surface area contributed by atoms with E-state index in [0.29, 0.717) is 6.04 Å². The summed E-state index contributed by atoms with van der Waals surface area (Å²) in [5.41, 5.74) is 0. The van der Waals surface area contributed by atoms with E-state index in [-0.39, 0.29) is 0 Å². The van der Waals surface area contributed by atoms with Crippen LogP contribution in [0.2, 0.25) is 0 Å². The van der Waals surface area contributed by atoms with Crippen LogP contribution >= 0.6 is 0 Å². The molecule has 1 aliphatic heterocycles. The molecule has 0 spiro atoms. The Balaban J connectivity index is 2.42. The molecule has 0 amide bonds. The van der Waals surface area contributed by atoms with Crippen molar-refractivity contribution in [1.82, 2.24) is 15.1 Å². The third-order valence-corrected chi connectivity index (χ3v) is 3.06. The van der Waals surface area contributed by atoms with Crippen molar-refractivity contribution in [1.29, 1.82) is 0 Å². The fourth-order valence-corrected chi connectivity index (χ4v) is 2.49. The van der Waals surface area contributed by atoms with Crippen molar-refractivity contribution in [3.05, 3.63) is 0 Å². The van der Waals surface area contributed by atoms with Crippen LogP contribution in [0.1, 0.15) is 20.3 Å². The lowest BCUT2D eigenvalue weighted by Crippen LogP contribution is -2.46. The Morgan fingerprint density at radius 3 is 2.57 bits per heavy atom. The van der Waals surface area contributed by atoms with Gasteiger partial charge in [-0.2, -0.15) is 0 Å². The number of hydrogen-bond acceptors (Lipinski definition) is 3. The Labute approximate surface area is 88.5 Å². The minimum atomic E-state index is 0.667. The van der Waals surface area contributed by atoms with Gasteiger partial charge in [0.15, 0.2) is 0 Å². The third kappa shape index (κ3) is 3.23. The number of hydrogen-bond donors (Lipinski definition) is 1. The van der Waals surface area contributed by atoms with Crippen molar-refractivity contribution in [2.75, 3.05) is 40.3 Å². The zero-order valence-corrected chi connectivity index (χ0v) is 10.1. The first kappa shape index (κ1) is 12.0. The highest BCUT2D eigenvalue weighted by Crippen LogP contribution is 2.12. The van der Waals surface area contributed by atoms with E-state index in [1.54, 1.807) is 0 Å². The zero-order chi connectivity index (χ0) is 10.6. The second-order valence-electron chi connectivity index (χ2n) is 4.59. The van der Waals surface area contributed by atoms with E-state index in [2.05, 4.69) is 43.1 Å². The summed E-state index contributed by atoms with van der Waals surface area (Å²) in [4.78, 5) is 4.90. The average molecular weight is 199 g/mol. The second-order valence-corrected chi connectivity index (χ2v) is 4.59. The Kier molecular flexibility index (Phi) is 4.85. The average Bonchev–Trinajstić information content (AvgIpc) is 2.57. The molecule has 84 valence electrons. The maximum atomic E-state index is 3.44. The molecule has 0 aromatic carbocycles. The van der Waals surface area contributed by atoms with Gasteiger partial charge >= 0.3 is 0 Å². The van der Waals surface area contributed by atoms with E-state index in [1.165, 1.54) is 26.1 Å². The first-order valence-corrected chi connectivity index (χ1v) is 5.76. The number of likely N-dealkylation sites (N-methyl/N-ethyl adjacent to an activating group) is 2. The molecule has 0 bridgehead atoms. The molecule has 1 saturated heterocycles. The summed E-state index contributed by atoms with van der Waals surface area (Å²) in [6, 6.07) is 1.43. The van der Waals surface area contributed by atoms with Crippen molar-refractivity contribution < 1.29 is 0 Å². The van der Waals surface area contributed by atoms with Crippen molar-refractivity contribution in [2.45, 2.75) is 32.4 Å². The van der Waals surface area contributed by atoms with Gasteiger partial charge in [0.05, 0.1) is 0 Å².